The van der Waals surface area contributed by atoms with E-state index in [4.69, 9.17) is 9.15 Å². The summed E-state index contributed by atoms with van der Waals surface area (Å²) in [7, 11) is 1.70. The van der Waals surface area contributed by atoms with Gasteiger partial charge < -0.3 is 14.5 Å². The molecule has 0 unspecified atom stereocenters. The first kappa shape index (κ1) is 12.6. The van der Waals surface area contributed by atoms with Crippen LogP contribution in [0.5, 0.6) is 0 Å². The summed E-state index contributed by atoms with van der Waals surface area (Å²) in [6.07, 6.45) is 0. The van der Waals surface area contributed by atoms with Gasteiger partial charge in [0, 0.05) is 22.5 Å². The Morgan fingerprint density at radius 3 is 2.94 bits per heavy atom. The summed E-state index contributed by atoms with van der Waals surface area (Å²) in [5.74, 6) is 0.960. The molecule has 3 nitrogen and oxygen atoms in total. The minimum absolute atomic E-state index is 0.574. The first-order valence-corrected chi connectivity index (χ1v) is 6.45. The van der Waals surface area contributed by atoms with Crippen LogP contribution in [-0.2, 0) is 17.9 Å². The number of nitrogens with one attached hydrogen (secondary N) is 1. The molecule has 0 aliphatic heterocycles. The van der Waals surface area contributed by atoms with Crippen LogP contribution in [0.25, 0.3) is 11.0 Å². The standard InChI is InChI=1S/C13H16BrNO2/c1-3-15-7-13-11(8-16-2)10-6-9(14)4-5-12(10)17-13/h4-6,15H,3,7-8H2,1-2H3. The Bertz CT molecular complexity index is 507. The zero-order chi connectivity index (χ0) is 12.3. The molecule has 92 valence electrons. The van der Waals surface area contributed by atoms with Gasteiger partial charge in [0.25, 0.3) is 0 Å². The molecule has 17 heavy (non-hydrogen) atoms. The molecule has 1 N–H and O–H groups in total. The Hall–Kier alpha value is -0.840. The maximum atomic E-state index is 5.85. The molecule has 0 atom stereocenters. The third-order valence-electron chi connectivity index (χ3n) is 2.66. The van der Waals surface area contributed by atoms with Crippen LogP contribution in [0.1, 0.15) is 18.2 Å². The number of fused-ring (bicyclic) bond motifs is 1. The van der Waals surface area contributed by atoms with Crippen molar-refractivity contribution in [3.05, 3.63) is 34.0 Å². The molecule has 0 saturated heterocycles. The van der Waals surface area contributed by atoms with Gasteiger partial charge in [-0.15, -0.1) is 0 Å². The number of furan rings is 1. The number of hydrogen-bond acceptors (Lipinski definition) is 3. The molecule has 2 aromatic rings. The molecule has 0 fully saturated rings. The molecule has 0 amide bonds. The van der Waals surface area contributed by atoms with Crippen LogP contribution in [0.15, 0.2) is 27.1 Å². The molecule has 0 radical (unpaired) electrons. The average Bonchev–Trinajstić information content (AvgIpc) is 2.65. The fourth-order valence-electron chi connectivity index (χ4n) is 1.86. The van der Waals surface area contributed by atoms with Crippen molar-refractivity contribution < 1.29 is 9.15 Å². The fraction of sp³-hybridized carbons (Fsp3) is 0.385. The van der Waals surface area contributed by atoms with Gasteiger partial charge >= 0.3 is 0 Å². The number of hydrogen-bond donors (Lipinski definition) is 1. The van der Waals surface area contributed by atoms with Crippen molar-refractivity contribution in [2.24, 2.45) is 0 Å². The van der Waals surface area contributed by atoms with E-state index in [0.29, 0.717) is 6.61 Å². The Labute approximate surface area is 109 Å². The SMILES string of the molecule is CCNCc1oc2ccc(Br)cc2c1COC. The van der Waals surface area contributed by atoms with Crippen LogP contribution < -0.4 is 5.32 Å². The van der Waals surface area contributed by atoms with Crippen LogP contribution >= 0.6 is 15.9 Å². The van der Waals surface area contributed by atoms with Gasteiger partial charge in [0.05, 0.1) is 13.2 Å². The zero-order valence-electron chi connectivity index (χ0n) is 10.0. The molecule has 4 heteroatoms. The average molecular weight is 298 g/mol. The number of halogens is 1. The summed E-state index contributed by atoms with van der Waals surface area (Å²) in [5, 5.41) is 4.40. The molecule has 0 aliphatic carbocycles. The molecule has 0 bridgehead atoms. The summed E-state index contributed by atoms with van der Waals surface area (Å²) >= 11 is 3.48. The van der Waals surface area contributed by atoms with Gasteiger partial charge in [-0.05, 0) is 24.7 Å². The normalized spacial score (nSPS) is 11.2. The molecule has 2 rings (SSSR count). The smallest absolute Gasteiger partial charge is 0.134 e. The number of ether oxygens (including phenoxy) is 1. The van der Waals surface area contributed by atoms with Gasteiger partial charge in [-0.2, -0.15) is 0 Å². The summed E-state index contributed by atoms with van der Waals surface area (Å²) < 4.78 is 12.2. The van der Waals surface area contributed by atoms with Crippen LogP contribution in [0.4, 0.5) is 0 Å². The van der Waals surface area contributed by atoms with Gasteiger partial charge in [-0.3, -0.25) is 0 Å². The van der Waals surface area contributed by atoms with E-state index < -0.39 is 0 Å². The highest BCUT2D eigenvalue weighted by molar-refractivity contribution is 9.10. The lowest BCUT2D eigenvalue weighted by atomic mass is 10.1. The second-order valence-corrected chi connectivity index (χ2v) is 4.77. The first-order valence-electron chi connectivity index (χ1n) is 5.65. The van der Waals surface area contributed by atoms with Crippen molar-refractivity contribution in [2.75, 3.05) is 13.7 Å². The highest BCUT2D eigenvalue weighted by Gasteiger charge is 2.13. The van der Waals surface area contributed by atoms with Gasteiger partial charge in [0.1, 0.15) is 11.3 Å². The Kier molecular flexibility index (Phi) is 4.20. The van der Waals surface area contributed by atoms with E-state index in [0.717, 1.165) is 39.9 Å². The van der Waals surface area contributed by atoms with E-state index in [9.17, 15) is 0 Å². The van der Waals surface area contributed by atoms with Crippen molar-refractivity contribution in [3.63, 3.8) is 0 Å². The van der Waals surface area contributed by atoms with E-state index in [1.165, 1.54) is 0 Å². The lowest BCUT2D eigenvalue weighted by Gasteiger charge is -2.02. The predicted octanol–water partition coefficient (Wildman–Crippen LogP) is 3.45. The molecule has 0 spiro atoms. The Balaban J connectivity index is 2.46. The van der Waals surface area contributed by atoms with E-state index in [2.05, 4.69) is 34.2 Å². The number of methoxy groups -OCH3 is 1. The van der Waals surface area contributed by atoms with E-state index in [-0.39, 0.29) is 0 Å². The van der Waals surface area contributed by atoms with Crippen molar-refractivity contribution in [1.29, 1.82) is 0 Å². The molecule has 1 heterocycles. The quantitative estimate of drug-likeness (QED) is 0.918. The molecular weight excluding hydrogens is 282 g/mol. The first-order chi connectivity index (χ1) is 8.26. The van der Waals surface area contributed by atoms with E-state index >= 15 is 0 Å². The fourth-order valence-corrected chi connectivity index (χ4v) is 2.22. The minimum Gasteiger partial charge on any atom is -0.459 e. The second kappa shape index (κ2) is 5.67. The maximum absolute atomic E-state index is 5.85. The van der Waals surface area contributed by atoms with Gasteiger partial charge in [0.15, 0.2) is 0 Å². The zero-order valence-corrected chi connectivity index (χ0v) is 11.6. The van der Waals surface area contributed by atoms with E-state index in [1.54, 1.807) is 7.11 Å². The predicted molar refractivity (Wildman–Crippen MR) is 72.0 cm³/mol. The highest BCUT2D eigenvalue weighted by Crippen LogP contribution is 2.29. The van der Waals surface area contributed by atoms with Crippen LogP contribution in [-0.4, -0.2) is 13.7 Å². The van der Waals surface area contributed by atoms with Crippen LogP contribution in [0.3, 0.4) is 0 Å². The van der Waals surface area contributed by atoms with Crippen molar-refractivity contribution >= 4 is 26.9 Å². The monoisotopic (exact) mass is 297 g/mol. The van der Waals surface area contributed by atoms with E-state index in [1.807, 2.05) is 12.1 Å². The molecular formula is C13H16BrNO2. The number of rotatable bonds is 5. The lowest BCUT2D eigenvalue weighted by Crippen LogP contribution is -2.12. The summed E-state index contributed by atoms with van der Waals surface area (Å²) in [4.78, 5) is 0. The minimum atomic E-state index is 0.574. The molecule has 0 saturated carbocycles. The molecule has 1 aromatic carbocycles. The number of benzene rings is 1. The third-order valence-corrected chi connectivity index (χ3v) is 3.15. The van der Waals surface area contributed by atoms with Crippen LogP contribution in [0.2, 0.25) is 0 Å². The Morgan fingerprint density at radius 2 is 2.24 bits per heavy atom. The summed E-state index contributed by atoms with van der Waals surface area (Å²) in [6, 6.07) is 6.04. The van der Waals surface area contributed by atoms with Gasteiger partial charge in [-0.25, -0.2) is 0 Å². The van der Waals surface area contributed by atoms with Crippen molar-refractivity contribution in [3.8, 4) is 0 Å². The van der Waals surface area contributed by atoms with Gasteiger partial charge in [-0.1, -0.05) is 22.9 Å². The largest absolute Gasteiger partial charge is 0.459 e. The van der Waals surface area contributed by atoms with Crippen molar-refractivity contribution in [1.82, 2.24) is 5.32 Å². The summed E-state index contributed by atoms with van der Waals surface area (Å²) in [5.41, 5.74) is 2.04. The third kappa shape index (κ3) is 2.70. The van der Waals surface area contributed by atoms with Gasteiger partial charge in [0.2, 0.25) is 0 Å². The Morgan fingerprint density at radius 1 is 1.41 bits per heavy atom. The lowest BCUT2D eigenvalue weighted by molar-refractivity contribution is 0.183. The maximum Gasteiger partial charge on any atom is 0.134 e. The molecule has 0 aliphatic rings. The van der Waals surface area contributed by atoms with Crippen molar-refractivity contribution in [2.45, 2.75) is 20.1 Å². The summed E-state index contributed by atoms with van der Waals surface area (Å²) in [6.45, 7) is 4.31. The molecule has 1 aromatic heterocycles. The van der Waals surface area contributed by atoms with Crippen LogP contribution in [0, 0.1) is 0 Å². The topological polar surface area (TPSA) is 34.4 Å². The highest BCUT2D eigenvalue weighted by atomic mass is 79.9. The second-order valence-electron chi connectivity index (χ2n) is 3.86.